The van der Waals surface area contributed by atoms with Gasteiger partial charge in [-0.3, -0.25) is 4.68 Å². The van der Waals surface area contributed by atoms with Crippen LogP contribution in [-0.2, 0) is 26.3 Å². The highest BCUT2D eigenvalue weighted by molar-refractivity contribution is 6.31. The van der Waals surface area contributed by atoms with Crippen molar-refractivity contribution in [2.45, 2.75) is 26.2 Å². The Morgan fingerprint density at radius 2 is 2.05 bits per heavy atom. The van der Waals surface area contributed by atoms with Crippen LogP contribution in [0.15, 0.2) is 30.3 Å². The molecule has 1 atom stereocenters. The van der Waals surface area contributed by atoms with Gasteiger partial charge in [-0.2, -0.15) is 5.10 Å². The molecule has 0 radical (unpaired) electrons. The van der Waals surface area contributed by atoms with Crippen LogP contribution in [-0.4, -0.2) is 23.4 Å². The minimum absolute atomic E-state index is 0.509. The van der Waals surface area contributed by atoms with Gasteiger partial charge in [0.15, 0.2) is 0 Å². The van der Waals surface area contributed by atoms with Gasteiger partial charge >= 0.3 is 0 Å². The van der Waals surface area contributed by atoms with E-state index in [2.05, 4.69) is 35.5 Å². The van der Waals surface area contributed by atoms with Crippen molar-refractivity contribution in [1.29, 1.82) is 0 Å². The van der Waals surface area contributed by atoms with Gasteiger partial charge in [-0.1, -0.05) is 36.7 Å². The van der Waals surface area contributed by atoms with Crippen LogP contribution in [0.25, 0.3) is 0 Å². The molecule has 0 amide bonds. The number of hydrogen-bond acceptors (Lipinski definition) is 2. The Labute approximate surface area is 132 Å². The molecule has 4 heteroatoms. The minimum atomic E-state index is 0.509. The second-order valence-electron chi connectivity index (χ2n) is 5.53. The number of nitrogens with zero attached hydrogens (tertiary/aromatic N) is 2. The molecule has 114 valence electrons. The highest BCUT2D eigenvalue weighted by atomic mass is 35.5. The summed E-state index contributed by atoms with van der Waals surface area (Å²) in [5.41, 5.74) is 3.67. The number of hydrogen-bond donors (Lipinski definition) is 1. The average molecular weight is 306 g/mol. The summed E-state index contributed by atoms with van der Waals surface area (Å²) < 4.78 is 2.01. The van der Waals surface area contributed by atoms with E-state index in [4.69, 9.17) is 11.6 Å². The van der Waals surface area contributed by atoms with E-state index >= 15 is 0 Å². The molecule has 1 heterocycles. The third-order valence-electron chi connectivity index (χ3n) is 3.85. The van der Waals surface area contributed by atoms with Crippen LogP contribution >= 0.6 is 11.6 Å². The molecular formula is C17H24ClN3. The molecule has 0 aliphatic rings. The first-order valence-corrected chi connectivity index (χ1v) is 7.91. The molecule has 0 spiro atoms. The fourth-order valence-corrected chi connectivity index (χ4v) is 2.92. The molecule has 3 nitrogen and oxygen atoms in total. The van der Waals surface area contributed by atoms with E-state index in [-0.39, 0.29) is 0 Å². The molecule has 1 aromatic carbocycles. The van der Waals surface area contributed by atoms with Crippen LogP contribution in [0, 0.1) is 5.92 Å². The fraction of sp³-hybridized carbons (Fsp3) is 0.471. The van der Waals surface area contributed by atoms with Crippen molar-refractivity contribution in [3.63, 3.8) is 0 Å². The lowest BCUT2D eigenvalue weighted by atomic mass is 9.94. The van der Waals surface area contributed by atoms with Crippen molar-refractivity contribution in [2.24, 2.45) is 13.0 Å². The van der Waals surface area contributed by atoms with Crippen LogP contribution in [0.4, 0.5) is 0 Å². The molecule has 0 saturated heterocycles. The fourth-order valence-electron chi connectivity index (χ4n) is 2.71. The molecular weight excluding hydrogens is 282 g/mol. The first kappa shape index (κ1) is 16.1. The van der Waals surface area contributed by atoms with Gasteiger partial charge in [0.1, 0.15) is 0 Å². The predicted molar refractivity (Wildman–Crippen MR) is 88.9 cm³/mol. The highest BCUT2D eigenvalue weighted by Crippen LogP contribution is 2.21. The molecule has 21 heavy (non-hydrogen) atoms. The Morgan fingerprint density at radius 1 is 1.29 bits per heavy atom. The zero-order valence-corrected chi connectivity index (χ0v) is 13.8. The molecule has 0 aliphatic heterocycles. The van der Waals surface area contributed by atoms with E-state index in [0.717, 1.165) is 36.5 Å². The van der Waals surface area contributed by atoms with E-state index in [0.29, 0.717) is 5.92 Å². The minimum Gasteiger partial charge on any atom is -0.319 e. The number of aryl methyl sites for hydroxylation is 2. The SMILES string of the molecule is CCc1cc(CC(CNC)Cc2ccccc2Cl)n(C)n1. The van der Waals surface area contributed by atoms with Crippen molar-refractivity contribution in [3.05, 3.63) is 52.3 Å². The van der Waals surface area contributed by atoms with Gasteiger partial charge in [-0.15, -0.1) is 0 Å². The summed E-state index contributed by atoms with van der Waals surface area (Å²) in [5, 5.41) is 8.69. The maximum absolute atomic E-state index is 6.29. The third kappa shape index (κ3) is 4.32. The van der Waals surface area contributed by atoms with Gasteiger partial charge in [0.2, 0.25) is 0 Å². The number of halogens is 1. The quantitative estimate of drug-likeness (QED) is 0.851. The Bertz CT molecular complexity index is 577. The monoisotopic (exact) mass is 305 g/mol. The van der Waals surface area contributed by atoms with Crippen LogP contribution in [0.5, 0.6) is 0 Å². The predicted octanol–water partition coefficient (Wildman–Crippen LogP) is 3.26. The molecule has 0 aliphatic carbocycles. The summed E-state index contributed by atoms with van der Waals surface area (Å²) in [6.07, 6.45) is 2.97. The van der Waals surface area contributed by atoms with E-state index < -0.39 is 0 Å². The van der Waals surface area contributed by atoms with Gasteiger partial charge in [-0.05, 0) is 56.5 Å². The van der Waals surface area contributed by atoms with E-state index in [1.165, 1.54) is 11.3 Å². The summed E-state index contributed by atoms with van der Waals surface area (Å²) in [6, 6.07) is 10.3. The molecule has 1 unspecified atom stereocenters. The Hall–Kier alpha value is -1.32. The van der Waals surface area contributed by atoms with E-state index in [1.54, 1.807) is 0 Å². The summed E-state index contributed by atoms with van der Waals surface area (Å²) in [6.45, 7) is 3.11. The zero-order chi connectivity index (χ0) is 15.2. The lowest BCUT2D eigenvalue weighted by Crippen LogP contribution is -2.23. The largest absolute Gasteiger partial charge is 0.319 e. The second kappa shape index (κ2) is 7.62. The van der Waals surface area contributed by atoms with Gasteiger partial charge < -0.3 is 5.32 Å². The van der Waals surface area contributed by atoms with E-state index in [9.17, 15) is 0 Å². The number of benzene rings is 1. The molecule has 0 fully saturated rings. The Kier molecular flexibility index (Phi) is 5.83. The van der Waals surface area contributed by atoms with Gasteiger partial charge in [0, 0.05) is 17.8 Å². The van der Waals surface area contributed by atoms with Crippen molar-refractivity contribution in [3.8, 4) is 0 Å². The Balaban J connectivity index is 2.11. The number of aromatic nitrogens is 2. The summed E-state index contributed by atoms with van der Waals surface area (Å²) in [5.74, 6) is 0.509. The van der Waals surface area contributed by atoms with Crippen LogP contribution in [0.1, 0.15) is 23.9 Å². The van der Waals surface area contributed by atoms with Crippen molar-refractivity contribution in [1.82, 2.24) is 15.1 Å². The molecule has 0 saturated carbocycles. The Morgan fingerprint density at radius 3 is 2.67 bits per heavy atom. The van der Waals surface area contributed by atoms with Gasteiger partial charge in [0.25, 0.3) is 0 Å². The third-order valence-corrected chi connectivity index (χ3v) is 4.22. The molecule has 1 N–H and O–H groups in total. The smallest absolute Gasteiger partial charge is 0.0624 e. The summed E-state index contributed by atoms with van der Waals surface area (Å²) in [7, 11) is 4.03. The number of nitrogens with one attached hydrogen (secondary N) is 1. The van der Waals surface area contributed by atoms with E-state index in [1.807, 2.05) is 30.9 Å². The molecule has 2 rings (SSSR count). The summed E-state index contributed by atoms with van der Waals surface area (Å²) >= 11 is 6.29. The lowest BCUT2D eigenvalue weighted by molar-refractivity contribution is 0.477. The number of rotatable bonds is 7. The standard InChI is InChI=1S/C17H24ClN3/c1-4-15-11-16(21(3)20-15)10-13(12-19-2)9-14-7-5-6-8-17(14)18/h5-8,11,13,19H,4,9-10,12H2,1-3H3. The lowest BCUT2D eigenvalue weighted by Gasteiger charge is -2.17. The average Bonchev–Trinajstić information content (AvgIpc) is 2.82. The van der Waals surface area contributed by atoms with Crippen molar-refractivity contribution < 1.29 is 0 Å². The first-order valence-electron chi connectivity index (χ1n) is 7.53. The second-order valence-corrected chi connectivity index (χ2v) is 5.93. The van der Waals surface area contributed by atoms with Crippen LogP contribution in [0.3, 0.4) is 0 Å². The van der Waals surface area contributed by atoms with Crippen molar-refractivity contribution in [2.75, 3.05) is 13.6 Å². The highest BCUT2D eigenvalue weighted by Gasteiger charge is 2.14. The molecule has 2 aromatic rings. The molecule has 1 aromatic heterocycles. The van der Waals surface area contributed by atoms with Crippen LogP contribution < -0.4 is 5.32 Å². The zero-order valence-electron chi connectivity index (χ0n) is 13.1. The summed E-state index contributed by atoms with van der Waals surface area (Å²) in [4.78, 5) is 0. The maximum atomic E-state index is 6.29. The molecule has 0 bridgehead atoms. The van der Waals surface area contributed by atoms with Gasteiger partial charge in [0.05, 0.1) is 5.69 Å². The van der Waals surface area contributed by atoms with Crippen molar-refractivity contribution >= 4 is 11.6 Å². The topological polar surface area (TPSA) is 29.9 Å². The van der Waals surface area contributed by atoms with Crippen LogP contribution in [0.2, 0.25) is 5.02 Å². The maximum Gasteiger partial charge on any atom is 0.0624 e. The van der Waals surface area contributed by atoms with Gasteiger partial charge in [-0.25, -0.2) is 0 Å². The first-order chi connectivity index (χ1) is 10.1. The normalized spacial score (nSPS) is 12.6.